The average molecular weight is 310 g/mol. The lowest BCUT2D eigenvalue weighted by atomic mass is 9.79. The van der Waals surface area contributed by atoms with Gasteiger partial charge < -0.3 is 14.6 Å². The maximum Gasteiger partial charge on any atom is 0.221 e. The molecule has 1 heterocycles. The van der Waals surface area contributed by atoms with Gasteiger partial charge in [0.05, 0.1) is 12.7 Å². The number of aliphatic hydroxyl groups is 1. The van der Waals surface area contributed by atoms with Gasteiger partial charge in [-0.15, -0.1) is 0 Å². The van der Waals surface area contributed by atoms with Gasteiger partial charge in [-0.2, -0.15) is 0 Å². The summed E-state index contributed by atoms with van der Waals surface area (Å²) in [5, 5.41) is 11.4. The van der Waals surface area contributed by atoms with Gasteiger partial charge >= 0.3 is 0 Å². The summed E-state index contributed by atoms with van der Waals surface area (Å²) in [4.78, 5) is 0. The molecular formula is C20H22O3. The summed E-state index contributed by atoms with van der Waals surface area (Å²) in [5.41, 5.74) is 2.45. The lowest BCUT2D eigenvalue weighted by Crippen LogP contribution is -2.34. The molecule has 120 valence electrons. The van der Waals surface area contributed by atoms with Crippen molar-refractivity contribution >= 4 is 0 Å². The van der Waals surface area contributed by atoms with Crippen LogP contribution in [0.15, 0.2) is 48.5 Å². The maximum atomic E-state index is 11.4. The summed E-state index contributed by atoms with van der Waals surface area (Å²) in [6, 6.07) is 15.6. The first kappa shape index (κ1) is 14.7. The maximum absolute atomic E-state index is 11.4. The van der Waals surface area contributed by atoms with Crippen LogP contribution in [0.5, 0.6) is 5.75 Å². The van der Waals surface area contributed by atoms with Gasteiger partial charge in [0.1, 0.15) is 5.75 Å². The molecule has 3 heteroatoms. The van der Waals surface area contributed by atoms with Crippen molar-refractivity contribution in [3.8, 4) is 5.75 Å². The minimum absolute atomic E-state index is 0.344. The summed E-state index contributed by atoms with van der Waals surface area (Å²) < 4.78 is 11.6. The van der Waals surface area contributed by atoms with Crippen molar-refractivity contribution in [1.29, 1.82) is 0 Å². The second-order valence-electron chi connectivity index (χ2n) is 6.58. The summed E-state index contributed by atoms with van der Waals surface area (Å²) >= 11 is 0. The molecule has 4 rings (SSSR count). The molecule has 1 fully saturated rings. The summed E-state index contributed by atoms with van der Waals surface area (Å²) in [7, 11) is 1.64. The Morgan fingerprint density at radius 2 is 1.57 bits per heavy atom. The molecule has 0 bridgehead atoms. The number of benzene rings is 2. The fourth-order valence-corrected chi connectivity index (χ4v) is 4.09. The van der Waals surface area contributed by atoms with Gasteiger partial charge in [0, 0.05) is 11.1 Å². The number of hydrogen-bond donors (Lipinski definition) is 1. The Morgan fingerprint density at radius 1 is 0.913 bits per heavy atom. The molecule has 1 saturated carbocycles. The van der Waals surface area contributed by atoms with E-state index in [2.05, 4.69) is 6.07 Å². The van der Waals surface area contributed by atoms with Crippen molar-refractivity contribution in [2.24, 2.45) is 0 Å². The fourth-order valence-electron chi connectivity index (χ4n) is 4.09. The summed E-state index contributed by atoms with van der Waals surface area (Å²) in [6.45, 7) is 0. The largest absolute Gasteiger partial charge is 0.497 e. The zero-order chi connectivity index (χ0) is 15.9. The van der Waals surface area contributed by atoms with Crippen molar-refractivity contribution in [1.82, 2.24) is 0 Å². The quantitative estimate of drug-likeness (QED) is 0.908. The van der Waals surface area contributed by atoms with Gasteiger partial charge in [-0.1, -0.05) is 43.5 Å². The van der Waals surface area contributed by atoms with Crippen LogP contribution in [-0.2, 0) is 16.1 Å². The lowest BCUT2D eigenvalue weighted by molar-refractivity contribution is -0.241. The van der Waals surface area contributed by atoms with E-state index >= 15 is 0 Å². The molecule has 1 N–H and O–H groups in total. The van der Waals surface area contributed by atoms with E-state index in [1.807, 2.05) is 42.5 Å². The summed E-state index contributed by atoms with van der Waals surface area (Å²) in [6.07, 6.45) is 5.49. The molecule has 2 aromatic carbocycles. The molecule has 1 atom stereocenters. The molecular weight excluding hydrogens is 288 g/mol. The van der Waals surface area contributed by atoms with Crippen LogP contribution >= 0.6 is 0 Å². The number of hydrogen-bond acceptors (Lipinski definition) is 3. The van der Waals surface area contributed by atoms with Crippen LogP contribution in [0.3, 0.4) is 0 Å². The third-order valence-electron chi connectivity index (χ3n) is 5.27. The molecule has 2 aliphatic rings. The number of ether oxygens (including phenoxy) is 2. The van der Waals surface area contributed by atoms with E-state index in [-0.39, 0.29) is 5.60 Å². The topological polar surface area (TPSA) is 38.7 Å². The van der Waals surface area contributed by atoms with Gasteiger partial charge in [0.25, 0.3) is 0 Å². The Labute approximate surface area is 136 Å². The Bertz CT molecular complexity index is 701. The highest BCUT2D eigenvalue weighted by atomic mass is 16.6. The molecule has 1 spiro atoms. The zero-order valence-corrected chi connectivity index (χ0v) is 13.4. The van der Waals surface area contributed by atoms with Gasteiger partial charge in [-0.05, 0) is 42.7 Å². The molecule has 23 heavy (non-hydrogen) atoms. The van der Waals surface area contributed by atoms with Gasteiger partial charge in [0.2, 0.25) is 5.79 Å². The molecule has 1 aliphatic heterocycles. The Balaban J connectivity index is 1.82. The van der Waals surface area contributed by atoms with Crippen molar-refractivity contribution in [2.45, 2.75) is 43.5 Å². The number of methoxy groups -OCH3 is 1. The molecule has 0 saturated heterocycles. The first-order valence-electron chi connectivity index (χ1n) is 8.35. The minimum atomic E-state index is -1.37. The van der Waals surface area contributed by atoms with E-state index in [0.29, 0.717) is 0 Å². The highest BCUT2D eigenvalue weighted by Gasteiger charge is 2.53. The lowest BCUT2D eigenvalue weighted by Gasteiger charge is -2.36. The average Bonchev–Trinajstić information content (AvgIpc) is 2.86. The third kappa shape index (κ3) is 2.19. The van der Waals surface area contributed by atoms with Crippen LogP contribution in [0.1, 0.15) is 48.8 Å². The van der Waals surface area contributed by atoms with Crippen molar-refractivity contribution in [3.05, 3.63) is 65.2 Å². The van der Waals surface area contributed by atoms with Crippen molar-refractivity contribution < 1.29 is 14.6 Å². The first-order chi connectivity index (χ1) is 11.2. The normalized spacial score (nSPS) is 25.3. The van der Waals surface area contributed by atoms with E-state index in [4.69, 9.17) is 9.47 Å². The molecule has 0 amide bonds. The Morgan fingerprint density at radius 3 is 2.22 bits per heavy atom. The second-order valence-corrected chi connectivity index (χ2v) is 6.58. The van der Waals surface area contributed by atoms with Crippen LogP contribution in [-0.4, -0.2) is 12.2 Å². The molecule has 3 nitrogen and oxygen atoms in total. The standard InChI is InChI=1S/C20H22O3/c1-22-16-11-9-15(10-12-16)20(21)18-8-4-3-7-17(18)19(23-20)13-5-2-6-14-19/h3-4,7-12,21H,2,5-6,13-14H2,1H3. The number of rotatable bonds is 2. The Hall–Kier alpha value is -1.84. The van der Waals surface area contributed by atoms with Crippen LogP contribution < -0.4 is 4.74 Å². The van der Waals surface area contributed by atoms with Crippen LogP contribution in [0, 0.1) is 0 Å². The van der Waals surface area contributed by atoms with E-state index in [1.165, 1.54) is 6.42 Å². The summed E-state index contributed by atoms with van der Waals surface area (Å²) in [5.74, 6) is -0.601. The Kier molecular flexibility index (Phi) is 3.43. The predicted octanol–water partition coefficient (Wildman–Crippen LogP) is 4.08. The highest BCUT2D eigenvalue weighted by molar-refractivity contribution is 5.46. The zero-order valence-electron chi connectivity index (χ0n) is 13.4. The van der Waals surface area contributed by atoms with Gasteiger partial charge in [0.15, 0.2) is 0 Å². The van der Waals surface area contributed by atoms with Crippen LogP contribution in [0.4, 0.5) is 0 Å². The fraction of sp³-hybridized carbons (Fsp3) is 0.400. The van der Waals surface area contributed by atoms with E-state index in [0.717, 1.165) is 48.1 Å². The van der Waals surface area contributed by atoms with E-state index in [1.54, 1.807) is 7.11 Å². The molecule has 0 aromatic heterocycles. The van der Waals surface area contributed by atoms with Crippen molar-refractivity contribution in [2.75, 3.05) is 7.11 Å². The van der Waals surface area contributed by atoms with Crippen molar-refractivity contribution in [3.63, 3.8) is 0 Å². The monoisotopic (exact) mass is 310 g/mol. The minimum Gasteiger partial charge on any atom is -0.497 e. The van der Waals surface area contributed by atoms with E-state index < -0.39 is 5.79 Å². The predicted molar refractivity (Wildman–Crippen MR) is 88.3 cm³/mol. The SMILES string of the molecule is COc1ccc(C2(O)OC3(CCCCC3)c3ccccc32)cc1. The van der Waals surface area contributed by atoms with Gasteiger partial charge in [-0.3, -0.25) is 0 Å². The molecule has 2 aromatic rings. The molecule has 1 aliphatic carbocycles. The van der Waals surface area contributed by atoms with Crippen LogP contribution in [0.2, 0.25) is 0 Å². The first-order valence-corrected chi connectivity index (χ1v) is 8.35. The smallest absolute Gasteiger partial charge is 0.221 e. The second kappa shape index (κ2) is 5.36. The highest BCUT2D eigenvalue weighted by Crippen LogP contribution is 2.54. The molecule has 0 radical (unpaired) electrons. The van der Waals surface area contributed by atoms with Gasteiger partial charge in [-0.25, -0.2) is 0 Å². The molecule has 1 unspecified atom stereocenters. The third-order valence-corrected chi connectivity index (χ3v) is 5.27. The number of fused-ring (bicyclic) bond motifs is 2. The van der Waals surface area contributed by atoms with E-state index in [9.17, 15) is 5.11 Å². The van der Waals surface area contributed by atoms with Crippen LogP contribution in [0.25, 0.3) is 0 Å².